The SMILES string of the molecule is COC[C@@](O)(CNC(=O)c1cccn(C)c1=O)c1ccccc1. The molecular formula is C17H20N2O4. The van der Waals surface area contributed by atoms with Crippen LogP contribution >= 0.6 is 0 Å². The highest BCUT2D eigenvalue weighted by molar-refractivity contribution is 5.93. The Morgan fingerprint density at radius 2 is 1.96 bits per heavy atom. The molecule has 6 heteroatoms. The van der Waals surface area contributed by atoms with Crippen LogP contribution in [0.2, 0.25) is 0 Å². The number of amides is 1. The number of nitrogens with zero attached hydrogens (tertiary/aromatic N) is 1. The summed E-state index contributed by atoms with van der Waals surface area (Å²) in [6.07, 6.45) is 1.57. The summed E-state index contributed by atoms with van der Waals surface area (Å²) in [4.78, 5) is 24.2. The third kappa shape index (κ3) is 3.85. The van der Waals surface area contributed by atoms with Gasteiger partial charge in [0.25, 0.3) is 11.5 Å². The van der Waals surface area contributed by atoms with E-state index in [-0.39, 0.29) is 24.3 Å². The van der Waals surface area contributed by atoms with Crippen molar-refractivity contribution in [1.82, 2.24) is 9.88 Å². The number of pyridine rings is 1. The molecule has 0 aliphatic heterocycles. The van der Waals surface area contributed by atoms with Crippen molar-refractivity contribution in [2.45, 2.75) is 5.60 Å². The summed E-state index contributed by atoms with van der Waals surface area (Å²) < 4.78 is 6.40. The Hall–Kier alpha value is -2.44. The van der Waals surface area contributed by atoms with E-state index in [1.165, 1.54) is 17.7 Å². The summed E-state index contributed by atoms with van der Waals surface area (Å²) in [6, 6.07) is 12.0. The van der Waals surface area contributed by atoms with E-state index >= 15 is 0 Å². The topological polar surface area (TPSA) is 80.6 Å². The average molecular weight is 316 g/mol. The van der Waals surface area contributed by atoms with Crippen molar-refractivity contribution in [2.75, 3.05) is 20.3 Å². The molecule has 6 nitrogen and oxygen atoms in total. The third-order valence-electron chi connectivity index (χ3n) is 3.60. The van der Waals surface area contributed by atoms with Crippen LogP contribution in [0.25, 0.3) is 0 Å². The summed E-state index contributed by atoms with van der Waals surface area (Å²) in [7, 11) is 3.05. The van der Waals surface area contributed by atoms with E-state index in [1.807, 2.05) is 6.07 Å². The average Bonchev–Trinajstić information content (AvgIpc) is 2.56. The maximum Gasteiger partial charge on any atom is 0.263 e. The van der Waals surface area contributed by atoms with Crippen LogP contribution in [-0.4, -0.2) is 35.8 Å². The van der Waals surface area contributed by atoms with E-state index in [0.717, 1.165) is 0 Å². The number of carbonyl (C=O) groups excluding carboxylic acids is 1. The van der Waals surface area contributed by atoms with Gasteiger partial charge in [-0.1, -0.05) is 30.3 Å². The zero-order valence-corrected chi connectivity index (χ0v) is 13.2. The number of aromatic nitrogens is 1. The van der Waals surface area contributed by atoms with E-state index in [2.05, 4.69) is 5.32 Å². The zero-order valence-electron chi connectivity index (χ0n) is 13.2. The fourth-order valence-corrected chi connectivity index (χ4v) is 2.32. The highest BCUT2D eigenvalue weighted by atomic mass is 16.5. The Bertz CT molecular complexity index is 727. The Labute approximate surface area is 134 Å². The normalized spacial score (nSPS) is 13.3. The third-order valence-corrected chi connectivity index (χ3v) is 3.60. The molecule has 0 saturated heterocycles. The highest BCUT2D eigenvalue weighted by Gasteiger charge is 2.30. The molecule has 0 aliphatic carbocycles. The van der Waals surface area contributed by atoms with Gasteiger partial charge in [-0.15, -0.1) is 0 Å². The second-order valence-electron chi connectivity index (χ2n) is 5.35. The number of hydrogen-bond donors (Lipinski definition) is 2. The van der Waals surface area contributed by atoms with Crippen LogP contribution in [0.1, 0.15) is 15.9 Å². The van der Waals surface area contributed by atoms with Gasteiger partial charge in [0.1, 0.15) is 11.2 Å². The van der Waals surface area contributed by atoms with Gasteiger partial charge in [-0.05, 0) is 17.7 Å². The molecule has 1 aromatic carbocycles. The minimum absolute atomic E-state index is 0.0179. The Balaban J connectivity index is 2.17. The van der Waals surface area contributed by atoms with Crippen molar-refractivity contribution in [2.24, 2.45) is 7.05 Å². The number of ether oxygens (including phenoxy) is 1. The summed E-state index contributed by atoms with van der Waals surface area (Å²) in [5.41, 5.74) is -1.10. The van der Waals surface area contributed by atoms with Crippen LogP contribution < -0.4 is 10.9 Å². The number of benzene rings is 1. The second kappa shape index (κ2) is 7.21. The van der Waals surface area contributed by atoms with Crippen molar-refractivity contribution >= 4 is 5.91 Å². The van der Waals surface area contributed by atoms with Crippen LogP contribution in [0.15, 0.2) is 53.5 Å². The lowest BCUT2D eigenvalue weighted by molar-refractivity contribution is -0.0334. The van der Waals surface area contributed by atoms with Crippen molar-refractivity contribution in [3.8, 4) is 0 Å². The van der Waals surface area contributed by atoms with E-state index in [9.17, 15) is 14.7 Å². The molecule has 2 N–H and O–H groups in total. The number of aliphatic hydroxyl groups is 1. The fourth-order valence-electron chi connectivity index (χ4n) is 2.32. The number of carbonyl (C=O) groups is 1. The highest BCUT2D eigenvalue weighted by Crippen LogP contribution is 2.20. The lowest BCUT2D eigenvalue weighted by atomic mass is 9.94. The number of methoxy groups -OCH3 is 1. The standard InChI is InChI=1S/C17H20N2O4/c1-19-10-6-9-14(16(19)21)15(20)18-11-17(22,12-23-2)13-7-4-3-5-8-13/h3-10,22H,11-12H2,1-2H3,(H,18,20)/t17-/m0/s1. The summed E-state index contributed by atoms with van der Waals surface area (Å²) in [5, 5.41) is 13.4. The van der Waals surface area contributed by atoms with Gasteiger partial charge in [-0.2, -0.15) is 0 Å². The van der Waals surface area contributed by atoms with Crippen LogP contribution in [0.3, 0.4) is 0 Å². The van der Waals surface area contributed by atoms with Crippen LogP contribution in [-0.2, 0) is 17.4 Å². The molecule has 2 aromatic rings. The van der Waals surface area contributed by atoms with Gasteiger partial charge >= 0.3 is 0 Å². The van der Waals surface area contributed by atoms with Crippen molar-refractivity contribution in [3.05, 3.63) is 70.1 Å². The number of aryl methyl sites for hydroxylation is 1. The van der Waals surface area contributed by atoms with Gasteiger partial charge in [0.2, 0.25) is 0 Å². The zero-order chi connectivity index (χ0) is 16.9. The van der Waals surface area contributed by atoms with Crippen molar-refractivity contribution < 1.29 is 14.6 Å². The first-order valence-electron chi connectivity index (χ1n) is 7.18. The smallest absolute Gasteiger partial charge is 0.263 e. The largest absolute Gasteiger partial charge is 0.381 e. The van der Waals surface area contributed by atoms with Gasteiger partial charge in [-0.25, -0.2) is 0 Å². The minimum Gasteiger partial charge on any atom is -0.381 e. The predicted octanol–water partition coefficient (Wildman–Crippen LogP) is 0.649. The molecule has 122 valence electrons. The first-order valence-corrected chi connectivity index (χ1v) is 7.18. The van der Waals surface area contributed by atoms with E-state index in [0.29, 0.717) is 5.56 Å². The molecule has 1 amide bonds. The second-order valence-corrected chi connectivity index (χ2v) is 5.35. The van der Waals surface area contributed by atoms with Gasteiger partial charge in [0.05, 0.1) is 13.2 Å². The minimum atomic E-state index is -1.37. The van der Waals surface area contributed by atoms with Gasteiger partial charge in [0.15, 0.2) is 0 Å². The Morgan fingerprint density at radius 3 is 2.61 bits per heavy atom. The lowest BCUT2D eigenvalue weighted by Gasteiger charge is -2.28. The quantitative estimate of drug-likeness (QED) is 0.820. The molecule has 0 fully saturated rings. The Kier molecular flexibility index (Phi) is 5.31. The predicted molar refractivity (Wildman–Crippen MR) is 86.2 cm³/mol. The van der Waals surface area contributed by atoms with E-state index in [4.69, 9.17) is 4.74 Å². The van der Waals surface area contributed by atoms with Crippen LogP contribution in [0, 0.1) is 0 Å². The number of hydrogen-bond acceptors (Lipinski definition) is 4. The molecular weight excluding hydrogens is 296 g/mol. The van der Waals surface area contributed by atoms with Crippen molar-refractivity contribution in [3.63, 3.8) is 0 Å². The van der Waals surface area contributed by atoms with Gasteiger partial charge < -0.3 is 19.7 Å². The molecule has 0 saturated carbocycles. The van der Waals surface area contributed by atoms with E-state index in [1.54, 1.807) is 43.6 Å². The van der Waals surface area contributed by atoms with Crippen LogP contribution in [0.4, 0.5) is 0 Å². The summed E-state index contributed by atoms with van der Waals surface area (Å²) in [5.74, 6) is -0.531. The van der Waals surface area contributed by atoms with Crippen LogP contribution in [0.5, 0.6) is 0 Å². The molecule has 0 spiro atoms. The molecule has 1 heterocycles. The lowest BCUT2D eigenvalue weighted by Crippen LogP contribution is -2.45. The molecule has 23 heavy (non-hydrogen) atoms. The molecule has 1 aromatic heterocycles. The maximum absolute atomic E-state index is 12.2. The Morgan fingerprint density at radius 1 is 1.26 bits per heavy atom. The summed E-state index contributed by atoms with van der Waals surface area (Å²) >= 11 is 0. The maximum atomic E-state index is 12.2. The van der Waals surface area contributed by atoms with E-state index < -0.39 is 11.5 Å². The van der Waals surface area contributed by atoms with Gasteiger partial charge in [-0.3, -0.25) is 9.59 Å². The summed E-state index contributed by atoms with van der Waals surface area (Å²) in [6.45, 7) is -0.0498. The van der Waals surface area contributed by atoms with Gasteiger partial charge in [0, 0.05) is 20.4 Å². The first kappa shape index (κ1) is 16.9. The monoisotopic (exact) mass is 316 g/mol. The van der Waals surface area contributed by atoms with Crippen molar-refractivity contribution in [1.29, 1.82) is 0 Å². The molecule has 1 atom stereocenters. The first-order chi connectivity index (χ1) is 11.0. The molecule has 2 rings (SSSR count). The molecule has 0 unspecified atom stereocenters. The number of rotatable bonds is 6. The molecule has 0 aliphatic rings. The number of nitrogens with one attached hydrogen (secondary N) is 1. The molecule has 0 radical (unpaired) electrons. The fraction of sp³-hybridized carbons (Fsp3) is 0.294. The molecule has 0 bridgehead atoms.